The Balaban J connectivity index is 1.72. The molecule has 1 aliphatic rings. The molecule has 194 valence electrons. The lowest BCUT2D eigenvalue weighted by Crippen LogP contribution is -2.59. The van der Waals surface area contributed by atoms with Crippen LogP contribution in [0.3, 0.4) is 0 Å². The van der Waals surface area contributed by atoms with Crippen LogP contribution in [0.1, 0.15) is 67.8 Å². The first-order valence-electron chi connectivity index (χ1n) is 12.8. The van der Waals surface area contributed by atoms with E-state index in [1.54, 1.807) is 24.3 Å². The van der Waals surface area contributed by atoms with Crippen LogP contribution in [0.2, 0.25) is 0 Å². The Morgan fingerprint density at radius 3 is 2.31 bits per heavy atom. The molecule has 36 heavy (non-hydrogen) atoms. The van der Waals surface area contributed by atoms with Crippen LogP contribution in [-0.4, -0.2) is 42.1 Å². The second-order valence-electron chi connectivity index (χ2n) is 9.93. The highest BCUT2D eigenvalue weighted by molar-refractivity contribution is 5.98. The van der Waals surface area contributed by atoms with E-state index in [0.29, 0.717) is 17.8 Å². The van der Waals surface area contributed by atoms with Gasteiger partial charge in [-0.25, -0.2) is 4.79 Å². The van der Waals surface area contributed by atoms with Crippen LogP contribution in [-0.2, 0) is 20.7 Å². The molecule has 1 amide bonds. The summed E-state index contributed by atoms with van der Waals surface area (Å²) < 4.78 is 4.74. The lowest BCUT2D eigenvalue weighted by atomic mass is 9.74. The van der Waals surface area contributed by atoms with Gasteiger partial charge in [0, 0.05) is 12.1 Å². The number of carbonyl (C=O) groups excluding carboxylic acids is 2. The number of ether oxygens (including phenoxy) is 1. The number of hydrogen-bond acceptors (Lipinski definition) is 5. The fourth-order valence-corrected chi connectivity index (χ4v) is 5.05. The van der Waals surface area contributed by atoms with Crippen LogP contribution in [0, 0.1) is 11.8 Å². The Hall–Kier alpha value is -3.19. The van der Waals surface area contributed by atoms with E-state index in [4.69, 9.17) is 4.74 Å². The number of amides is 1. The minimum atomic E-state index is -0.842. The van der Waals surface area contributed by atoms with E-state index in [-0.39, 0.29) is 24.2 Å². The molecular weight excluding hydrogens is 456 g/mol. The number of nitrogens with one attached hydrogen (secondary N) is 2. The molecular formula is C29H38N2O5. The van der Waals surface area contributed by atoms with E-state index in [1.807, 2.05) is 25.1 Å². The summed E-state index contributed by atoms with van der Waals surface area (Å²) in [6, 6.07) is 16.7. The van der Waals surface area contributed by atoms with Crippen LogP contribution in [0.4, 0.5) is 5.69 Å². The largest absolute Gasteiger partial charge is 0.481 e. The van der Waals surface area contributed by atoms with Crippen molar-refractivity contribution in [2.75, 3.05) is 19.0 Å². The molecule has 1 fully saturated rings. The third-order valence-electron chi connectivity index (χ3n) is 7.36. The molecule has 2 atom stereocenters. The number of rotatable bonds is 12. The summed E-state index contributed by atoms with van der Waals surface area (Å²) in [7, 11) is 1.33. The molecule has 0 bridgehead atoms. The lowest BCUT2D eigenvalue weighted by Gasteiger charge is -2.40. The van der Waals surface area contributed by atoms with Gasteiger partial charge in [-0.05, 0) is 80.8 Å². The quantitative estimate of drug-likeness (QED) is 0.356. The smallest absolute Gasteiger partial charge is 0.337 e. The van der Waals surface area contributed by atoms with Crippen molar-refractivity contribution in [3.8, 4) is 0 Å². The van der Waals surface area contributed by atoms with Gasteiger partial charge in [-0.2, -0.15) is 0 Å². The molecule has 1 saturated carbocycles. The molecule has 7 nitrogen and oxygen atoms in total. The maximum absolute atomic E-state index is 13.6. The Morgan fingerprint density at radius 1 is 1.03 bits per heavy atom. The summed E-state index contributed by atoms with van der Waals surface area (Å²) in [5.41, 5.74) is 1.35. The number of anilines is 1. The molecule has 0 heterocycles. The van der Waals surface area contributed by atoms with Crippen molar-refractivity contribution in [1.29, 1.82) is 0 Å². The van der Waals surface area contributed by atoms with Gasteiger partial charge in [0.15, 0.2) is 0 Å². The molecule has 3 N–H and O–H groups in total. The minimum absolute atomic E-state index is 0.0528. The van der Waals surface area contributed by atoms with Crippen molar-refractivity contribution < 1.29 is 24.2 Å². The molecule has 0 saturated heterocycles. The van der Waals surface area contributed by atoms with Crippen molar-refractivity contribution >= 4 is 23.5 Å². The number of carbonyl (C=O) groups is 3. The minimum Gasteiger partial charge on any atom is -0.481 e. The highest BCUT2D eigenvalue weighted by Gasteiger charge is 2.41. The first-order chi connectivity index (χ1) is 17.3. The Kier molecular flexibility index (Phi) is 10.1. The molecule has 1 aliphatic carbocycles. The number of methoxy groups -OCH3 is 1. The molecule has 2 aromatic rings. The highest BCUT2D eigenvalue weighted by Crippen LogP contribution is 2.34. The molecule has 0 spiro atoms. The average Bonchev–Trinajstić information content (AvgIpc) is 2.90. The third-order valence-corrected chi connectivity index (χ3v) is 7.36. The predicted octanol–water partition coefficient (Wildman–Crippen LogP) is 5.06. The Morgan fingerprint density at radius 2 is 1.69 bits per heavy atom. The summed E-state index contributed by atoms with van der Waals surface area (Å²) >= 11 is 0. The fraction of sp³-hybridized carbons (Fsp3) is 0.483. The zero-order valence-electron chi connectivity index (χ0n) is 21.3. The van der Waals surface area contributed by atoms with Gasteiger partial charge < -0.3 is 20.5 Å². The van der Waals surface area contributed by atoms with Crippen molar-refractivity contribution in [2.24, 2.45) is 11.8 Å². The van der Waals surface area contributed by atoms with E-state index >= 15 is 0 Å². The highest BCUT2D eigenvalue weighted by atomic mass is 16.5. The van der Waals surface area contributed by atoms with Crippen molar-refractivity contribution in [1.82, 2.24) is 5.32 Å². The van der Waals surface area contributed by atoms with Crippen molar-refractivity contribution in [3.63, 3.8) is 0 Å². The summed E-state index contributed by atoms with van der Waals surface area (Å²) in [6.45, 7) is 2.39. The molecule has 0 radical (unpaired) electrons. The molecule has 3 rings (SSSR count). The van der Waals surface area contributed by atoms with Gasteiger partial charge in [0.1, 0.15) is 0 Å². The summed E-state index contributed by atoms with van der Waals surface area (Å²) in [6.07, 6.45) is 6.79. The number of benzene rings is 2. The molecule has 2 unspecified atom stereocenters. The predicted molar refractivity (Wildman–Crippen MR) is 140 cm³/mol. The number of esters is 1. The molecule has 0 aromatic heterocycles. The first kappa shape index (κ1) is 27.4. The summed E-state index contributed by atoms with van der Waals surface area (Å²) in [5, 5.41) is 16.0. The normalized spacial score (nSPS) is 16.5. The van der Waals surface area contributed by atoms with Gasteiger partial charge in [-0.15, -0.1) is 0 Å². The Bertz CT molecular complexity index is 1000. The zero-order valence-corrected chi connectivity index (χ0v) is 21.3. The lowest BCUT2D eigenvalue weighted by molar-refractivity contribution is -0.138. The number of hydrogen-bond donors (Lipinski definition) is 3. The zero-order chi connectivity index (χ0) is 26.0. The summed E-state index contributed by atoms with van der Waals surface area (Å²) in [5.74, 6) is -1.35. The number of carboxylic acid groups (broad SMARTS) is 1. The molecule has 7 heteroatoms. The second kappa shape index (κ2) is 13.2. The van der Waals surface area contributed by atoms with E-state index in [9.17, 15) is 19.5 Å². The van der Waals surface area contributed by atoms with E-state index in [0.717, 1.165) is 38.5 Å². The number of carboxylic acids is 1. The van der Waals surface area contributed by atoms with Gasteiger partial charge in [0.2, 0.25) is 5.91 Å². The summed E-state index contributed by atoms with van der Waals surface area (Å²) in [4.78, 5) is 36.9. The first-order valence-corrected chi connectivity index (χ1v) is 12.8. The van der Waals surface area contributed by atoms with E-state index < -0.39 is 17.5 Å². The maximum Gasteiger partial charge on any atom is 0.337 e. The van der Waals surface area contributed by atoms with Crippen LogP contribution in [0.15, 0.2) is 54.6 Å². The van der Waals surface area contributed by atoms with E-state index in [1.165, 1.54) is 19.1 Å². The maximum atomic E-state index is 13.6. The second-order valence-corrected chi connectivity index (χ2v) is 9.93. The SMILES string of the molecule is COC(=O)c1ccc(NC(=O)C(C)(NCC(CCc2ccccc2)CC(=O)O)C2CCCCC2)cc1. The molecule has 0 aliphatic heterocycles. The standard InChI is InChI=1S/C29H38N2O5/c1-29(24-11-7-4-8-12-24,28(35)31-25-17-15-23(16-18-25)27(34)36-2)30-20-22(19-26(32)33)14-13-21-9-5-3-6-10-21/h3,5-6,9-10,15-18,22,24,30H,4,7-8,11-14,19-20H2,1-2H3,(H,31,35)(H,32,33). The fourth-order valence-electron chi connectivity index (χ4n) is 5.05. The van der Waals surface area contributed by atoms with Crippen LogP contribution >= 0.6 is 0 Å². The van der Waals surface area contributed by atoms with Crippen LogP contribution in [0.5, 0.6) is 0 Å². The van der Waals surface area contributed by atoms with Crippen LogP contribution in [0.25, 0.3) is 0 Å². The average molecular weight is 495 g/mol. The topological polar surface area (TPSA) is 105 Å². The van der Waals surface area contributed by atoms with E-state index in [2.05, 4.69) is 22.8 Å². The monoisotopic (exact) mass is 494 g/mol. The van der Waals surface area contributed by atoms with Crippen LogP contribution < -0.4 is 10.6 Å². The van der Waals surface area contributed by atoms with Gasteiger partial charge in [0.05, 0.1) is 18.2 Å². The van der Waals surface area contributed by atoms with Gasteiger partial charge in [-0.1, -0.05) is 49.6 Å². The Labute approximate surface area is 213 Å². The van der Waals surface area contributed by atoms with Gasteiger partial charge in [-0.3, -0.25) is 9.59 Å². The van der Waals surface area contributed by atoms with Gasteiger partial charge in [0.25, 0.3) is 0 Å². The van der Waals surface area contributed by atoms with Crippen molar-refractivity contribution in [2.45, 2.75) is 63.8 Å². The van der Waals surface area contributed by atoms with Crippen molar-refractivity contribution in [3.05, 3.63) is 65.7 Å². The number of aliphatic carboxylic acids is 1. The third kappa shape index (κ3) is 7.65. The van der Waals surface area contributed by atoms with Gasteiger partial charge >= 0.3 is 11.9 Å². The molecule has 2 aromatic carbocycles. The number of aryl methyl sites for hydroxylation is 1.